The van der Waals surface area contributed by atoms with Crippen molar-refractivity contribution >= 4 is 0 Å². The van der Waals surface area contributed by atoms with Gasteiger partial charge in [0.1, 0.15) is 11.6 Å². The Hall–Kier alpha value is -2.49. The molecule has 0 radical (unpaired) electrons. The summed E-state index contributed by atoms with van der Waals surface area (Å²) in [6.07, 6.45) is 3.21. The lowest BCUT2D eigenvalue weighted by molar-refractivity contribution is 0.278. The minimum atomic E-state index is -0.202. The predicted molar refractivity (Wildman–Crippen MR) is 92.2 cm³/mol. The van der Waals surface area contributed by atoms with Crippen LogP contribution in [0, 0.1) is 12.7 Å². The van der Waals surface area contributed by atoms with Gasteiger partial charge in [-0.2, -0.15) is 0 Å². The van der Waals surface area contributed by atoms with Crippen LogP contribution in [0.4, 0.5) is 4.39 Å². The molecular weight excluding hydrogens is 301 g/mol. The summed E-state index contributed by atoms with van der Waals surface area (Å²) >= 11 is 0. The topological polar surface area (TPSA) is 30.7 Å². The summed E-state index contributed by atoms with van der Waals surface area (Å²) in [5, 5.41) is 8.97. The van der Waals surface area contributed by atoms with E-state index in [1.165, 1.54) is 17.7 Å². The van der Waals surface area contributed by atoms with Crippen LogP contribution in [0.15, 0.2) is 48.5 Å². The molecule has 0 aliphatic heterocycles. The maximum Gasteiger partial charge on any atom is 0.163 e. The molecule has 4 rings (SSSR count). The molecule has 4 heteroatoms. The van der Waals surface area contributed by atoms with Crippen LogP contribution in [0.3, 0.4) is 0 Å². The Labute approximate surface area is 141 Å². The van der Waals surface area contributed by atoms with Crippen molar-refractivity contribution in [2.45, 2.75) is 31.6 Å². The van der Waals surface area contributed by atoms with Crippen molar-refractivity contribution in [3.63, 3.8) is 0 Å². The van der Waals surface area contributed by atoms with Gasteiger partial charge in [0.05, 0.1) is 5.41 Å². The molecule has 1 aromatic heterocycles. The number of aryl methyl sites for hydroxylation is 1. The Morgan fingerprint density at radius 2 is 1.62 bits per heavy atom. The quantitative estimate of drug-likeness (QED) is 0.716. The third kappa shape index (κ3) is 2.25. The van der Waals surface area contributed by atoms with Crippen LogP contribution in [-0.2, 0) is 12.5 Å². The summed E-state index contributed by atoms with van der Waals surface area (Å²) in [5.41, 5.74) is 3.28. The number of halogens is 1. The van der Waals surface area contributed by atoms with Gasteiger partial charge >= 0.3 is 0 Å². The van der Waals surface area contributed by atoms with Gasteiger partial charge in [0, 0.05) is 12.6 Å². The standard InChI is InChI=1S/C20H20FN3/c1-14-4-6-15(7-5-14)18-22-23-19(24(18)2)20(12-3-13-20)16-8-10-17(21)11-9-16/h4-11H,3,12-13H2,1-2H3. The fraction of sp³-hybridized carbons (Fsp3) is 0.300. The van der Waals surface area contributed by atoms with Crippen LogP contribution in [0.1, 0.15) is 36.2 Å². The average Bonchev–Trinajstić information content (AvgIpc) is 2.91. The molecule has 1 saturated carbocycles. The zero-order chi connectivity index (χ0) is 16.7. The van der Waals surface area contributed by atoms with E-state index < -0.39 is 0 Å². The molecule has 0 amide bonds. The number of nitrogens with zero attached hydrogens (tertiary/aromatic N) is 3. The first kappa shape index (κ1) is 15.1. The molecule has 0 bridgehead atoms. The zero-order valence-corrected chi connectivity index (χ0v) is 14.0. The molecule has 1 heterocycles. The van der Waals surface area contributed by atoms with Crippen molar-refractivity contribution in [1.29, 1.82) is 0 Å². The molecule has 0 spiro atoms. The van der Waals surface area contributed by atoms with Gasteiger partial charge in [-0.05, 0) is 37.5 Å². The van der Waals surface area contributed by atoms with Gasteiger partial charge in [-0.25, -0.2) is 4.39 Å². The van der Waals surface area contributed by atoms with Crippen molar-refractivity contribution in [2.75, 3.05) is 0 Å². The maximum atomic E-state index is 13.3. The van der Waals surface area contributed by atoms with Crippen LogP contribution < -0.4 is 0 Å². The SMILES string of the molecule is Cc1ccc(-c2nnc(C3(c4ccc(F)cc4)CCC3)n2C)cc1. The molecule has 1 fully saturated rings. The van der Waals surface area contributed by atoms with Crippen LogP contribution in [-0.4, -0.2) is 14.8 Å². The molecule has 1 aliphatic carbocycles. The van der Waals surface area contributed by atoms with E-state index in [2.05, 4.69) is 46.0 Å². The molecule has 3 aromatic rings. The average molecular weight is 321 g/mol. The molecule has 0 saturated heterocycles. The molecule has 1 aliphatic rings. The highest BCUT2D eigenvalue weighted by atomic mass is 19.1. The van der Waals surface area contributed by atoms with Crippen LogP contribution in [0.25, 0.3) is 11.4 Å². The summed E-state index contributed by atoms with van der Waals surface area (Å²) in [6.45, 7) is 2.07. The fourth-order valence-electron chi connectivity index (χ4n) is 3.64. The largest absolute Gasteiger partial charge is 0.313 e. The van der Waals surface area contributed by atoms with E-state index in [0.29, 0.717) is 0 Å². The summed E-state index contributed by atoms with van der Waals surface area (Å²) < 4.78 is 15.4. The Morgan fingerprint density at radius 1 is 0.958 bits per heavy atom. The normalized spacial score (nSPS) is 16.0. The van der Waals surface area contributed by atoms with E-state index >= 15 is 0 Å². The second-order valence-electron chi connectivity index (χ2n) is 6.71. The minimum absolute atomic E-state index is 0.140. The Kier molecular flexibility index (Phi) is 3.48. The number of rotatable bonds is 3. The highest BCUT2D eigenvalue weighted by Crippen LogP contribution is 2.48. The first-order valence-electron chi connectivity index (χ1n) is 8.33. The van der Waals surface area contributed by atoms with Gasteiger partial charge in [-0.15, -0.1) is 10.2 Å². The summed E-state index contributed by atoms with van der Waals surface area (Å²) in [6, 6.07) is 15.2. The van der Waals surface area contributed by atoms with Gasteiger partial charge in [-0.1, -0.05) is 48.4 Å². The number of aromatic nitrogens is 3. The summed E-state index contributed by atoms with van der Waals surface area (Å²) in [4.78, 5) is 0. The van der Waals surface area contributed by atoms with Crippen molar-refractivity contribution in [2.24, 2.45) is 7.05 Å². The van der Waals surface area contributed by atoms with Crippen LogP contribution in [0.2, 0.25) is 0 Å². The van der Waals surface area contributed by atoms with E-state index in [0.717, 1.165) is 42.0 Å². The lowest BCUT2D eigenvalue weighted by atomic mass is 9.64. The molecular formula is C20H20FN3. The lowest BCUT2D eigenvalue weighted by Crippen LogP contribution is -2.38. The van der Waals surface area contributed by atoms with Gasteiger partial charge in [0.25, 0.3) is 0 Å². The maximum absolute atomic E-state index is 13.3. The summed E-state index contributed by atoms with van der Waals surface area (Å²) in [5.74, 6) is 1.64. The van der Waals surface area contributed by atoms with Gasteiger partial charge < -0.3 is 4.57 Å². The Bertz CT molecular complexity index is 859. The first-order chi connectivity index (χ1) is 11.6. The van der Waals surface area contributed by atoms with Gasteiger partial charge in [-0.3, -0.25) is 0 Å². The van der Waals surface area contributed by atoms with E-state index in [9.17, 15) is 4.39 Å². The van der Waals surface area contributed by atoms with Gasteiger partial charge in [0.15, 0.2) is 5.82 Å². The Balaban J connectivity index is 1.78. The highest BCUT2D eigenvalue weighted by molar-refractivity contribution is 5.56. The first-order valence-corrected chi connectivity index (χ1v) is 8.33. The second-order valence-corrected chi connectivity index (χ2v) is 6.71. The predicted octanol–water partition coefficient (Wildman–Crippen LogP) is 4.40. The monoisotopic (exact) mass is 321 g/mol. The number of hydrogen-bond donors (Lipinski definition) is 0. The van der Waals surface area contributed by atoms with Crippen molar-refractivity contribution < 1.29 is 4.39 Å². The number of benzene rings is 2. The summed E-state index contributed by atoms with van der Waals surface area (Å²) in [7, 11) is 2.02. The number of hydrogen-bond acceptors (Lipinski definition) is 2. The van der Waals surface area contributed by atoms with E-state index in [1.54, 1.807) is 0 Å². The lowest BCUT2D eigenvalue weighted by Gasteiger charge is -2.41. The molecule has 122 valence electrons. The van der Waals surface area contributed by atoms with Crippen molar-refractivity contribution in [3.8, 4) is 11.4 Å². The van der Waals surface area contributed by atoms with Crippen LogP contribution >= 0.6 is 0 Å². The molecule has 3 nitrogen and oxygen atoms in total. The van der Waals surface area contributed by atoms with Crippen molar-refractivity contribution in [3.05, 3.63) is 71.3 Å². The molecule has 2 aromatic carbocycles. The minimum Gasteiger partial charge on any atom is -0.313 e. The van der Waals surface area contributed by atoms with E-state index in [1.807, 2.05) is 19.2 Å². The van der Waals surface area contributed by atoms with E-state index in [-0.39, 0.29) is 11.2 Å². The third-order valence-corrected chi connectivity index (χ3v) is 5.22. The molecule has 0 N–H and O–H groups in total. The third-order valence-electron chi connectivity index (χ3n) is 5.22. The van der Waals surface area contributed by atoms with Crippen molar-refractivity contribution in [1.82, 2.24) is 14.8 Å². The molecule has 0 unspecified atom stereocenters. The van der Waals surface area contributed by atoms with E-state index in [4.69, 9.17) is 0 Å². The fourth-order valence-corrected chi connectivity index (χ4v) is 3.64. The highest BCUT2D eigenvalue weighted by Gasteiger charge is 2.44. The van der Waals surface area contributed by atoms with Gasteiger partial charge in [0.2, 0.25) is 0 Å². The zero-order valence-electron chi connectivity index (χ0n) is 14.0. The molecule has 24 heavy (non-hydrogen) atoms. The smallest absolute Gasteiger partial charge is 0.163 e. The molecule has 0 atom stereocenters. The second kappa shape index (κ2) is 5.55. The Morgan fingerprint density at radius 3 is 2.21 bits per heavy atom. The van der Waals surface area contributed by atoms with Crippen LogP contribution in [0.5, 0.6) is 0 Å².